The first-order valence-corrected chi connectivity index (χ1v) is 6.50. The fraction of sp³-hybridized carbons (Fsp3) is 0.500. The molecule has 5 nitrogen and oxygen atoms in total. The quantitative estimate of drug-likeness (QED) is 0.861. The molecule has 0 bridgehead atoms. The average molecular weight is 264 g/mol. The minimum atomic E-state index is -0.338. The molecular formula is C14H20N2O3. The van der Waals surface area contributed by atoms with E-state index < -0.39 is 0 Å². The largest absolute Gasteiger partial charge is 0.486 e. The summed E-state index contributed by atoms with van der Waals surface area (Å²) in [5, 5.41) is 2.83. The van der Waals surface area contributed by atoms with Crippen molar-refractivity contribution in [2.75, 3.05) is 13.2 Å². The van der Waals surface area contributed by atoms with Gasteiger partial charge in [0.05, 0.1) is 0 Å². The van der Waals surface area contributed by atoms with Crippen LogP contribution in [0.3, 0.4) is 0 Å². The molecule has 0 saturated carbocycles. The molecule has 0 spiro atoms. The molecule has 2 rings (SSSR count). The Morgan fingerprint density at radius 2 is 2.00 bits per heavy atom. The van der Waals surface area contributed by atoms with E-state index in [4.69, 9.17) is 15.2 Å². The molecule has 104 valence electrons. The van der Waals surface area contributed by atoms with Crippen molar-refractivity contribution in [3.05, 3.63) is 23.8 Å². The van der Waals surface area contributed by atoms with Crippen molar-refractivity contribution in [1.82, 2.24) is 5.32 Å². The number of rotatable bonds is 4. The van der Waals surface area contributed by atoms with E-state index in [1.807, 2.05) is 32.0 Å². The van der Waals surface area contributed by atoms with Crippen molar-refractivity contribution in [2.24, 2.45) is 5.73 Å². The molecule has 3 N–H and O–H groups in total. The Balaban J connectivity index is 2.03. The monoisotopic (exact) mass is 264 g/mol. The Kier molecular flexibility index (Phi) is 4.27. The molecule has 1 aliphatic heterocycles. The zero-order chi connectivity index (χ0) is 13.8. The molecule has 0 aliphatic carbocycles. The van der Waals surface area contributed by atoms with Gasteiger partial charge in [-0.05, 0) is 31.5 Å². The van der Waals surface area contributed by atoms with Crippen molar-refractivity contribution >= 4 is 5.91 Å². The van der Waals surface area contributed by atoms with Crippen LogP contribution in [0.5, 0.6) is 11.5 Å². The van der Waals surface area contributed by atoms with Crippen LogP contribution in [-0.4, -0.2) is 25.2 Å². The first kappa shape index (κ1) is 13.7. The van der Waals surface area contributed by atoms with E-state index in [-0.39, 0.29) is 24.4 Å². The predicted octanol–water partition coefficient (Wildman–Crippen LogP) is 1.37. The maximum Gasteiger partial charge on any atom is 0.222 e. The van der Waals surface area contributed by atoms with Gasteiger partial charge in [-0.1, -0.05) is 6.07 Å². The molecule has 0 saturated heterocycles. The second-order valence-corrected chi connectivity index (χ2v) is 4.94. The van der Waals surface area contributed by atoms with Crippen LogP contribution in [0.25, 0.3) is 0 Å². The van der Waals surface area contributed by atoms with E-state index in [9.17, 15) is 4.79 Å². The van der Waals surface area contributed by atoms with Gasteiger partial charge in [-0.25, -0.2) is 0 Å². The van der Waals surface area contributed by atoms with Crippen molar-refractivity contribution in [3.63, 3.8) is 0 Å². The van der Waals surface area contributed by atoms with Gasteiger partial charge in [-0.3, -0.25) is 4.79 Å². The fourth-order valence-electron chi connectivity index (χ4n) is 1.99. The first-order valence-electron chi connectivity index (χ1n) is 6.50. The number of nitrogens with two attached hydrogens (primary N) is 1. The lowest BCUT2D eigenvalue weighted by Gasteiger charge is -2.20. The van der Waals surface area contributed by atoms with Crippen molar-refractivity contribution in [1.29, 1.82) is 0 Å². The smallest absolute Gasteiger partial charge is 0.222 e. The van der Waals surface area contributed by atoms with Crippen LogP contribution >= 0.6 is 0 Å². The van der Waals surface area contributed by atoms with E-state index in [0.29, 0.717) is 19.0 Å². The number of benzene rings is 1. The van der Waals surface area contributed by atoms with Crippen molar-refractivity contribution in [2.45, 2.75) is 32.4 Å². The van der Waals surface area contributed by atoms with E-state index >= 15 is 0 Å². The maximum atomic E-state index is 11.7. The summed E-state index contributed by atoms with van der Waals surface area (Å²) < 4.78 is 10.9. The number of nitrogens with one attached hydrogen (secondary N) is 1. The molecule has 1 aliphatic rings. The summed E-state index contributed by atoms with van der Waals surface area (Å²) in [5.41, 5.74) is 6.93. The minimum absolute atomic E-state index is 0.0441. The Morgan fingerprint density at radius 3 is 2.68 bits per heavy atom. The molecule has 5 heteroatoms. The maximum absolute atomic E-state index is 11.7. The van der Waals surface area contributed by atoms with Crippen LogP contribution in [0.2, 0.25) is 0 Å². The SMILES string of the molecule is CC(C)NC(=O)CC(N)c1ccc2c(c1)OCCO2. The van der Waals surface area contributed by atoms with Gasteiger partial charge in [0.15, 0.2) is 11.5 Å². The lowest BCUT2D eigenvalue weighted by molar-refractivity contribution is -0.121. The van der Waals surface area contributed by atoms with E-state index in [1.54, 1.807) is 0 Å². The minimum Gasteiger partial charge on any atom is -0.486 e. The zero-order valence-corrected chi connectivity index (χ0v) is 11.3. The summed E-state index contributed by atoms with van der Waals surface area (Å²) in [7, 11) is 0. The van der Waals surface area contributed by atoms with Gasteiger partial charge >= 0.3 is 0 Å². The number of ether oxygens (including phenoxy) is 2. The topological polar surface area (TPSA) is 73.6 Å². The molecule has 0 aromatic heterocycles. The number of carbonyl (C=O) groups is 1. The Bertz CT molecular complexity index is 460. The highest BCUT2D eigenvalue weighted by molar-refractivity contribution is 5.77. The highest BCUT2D eigenvalue weighted by atomic mass is 16.6. The number of amides is 1. The first-order chi connectivity index (χ1) is 9.06. The van der Waals surface area contributed by atoms with Crippen molar-refractivity contribution < 1.29 is 14.3 Å². The summed E-state index contributed by atoms with van der Waals surface area (Å²) >= 11 is 0. The lowest BCUT2D eigenvalue weighted by Crippen LogP contribution is -2.32. The highest BCUT2D eigenvalue weighted by Crippen LogP contribution is 2.32. The van der Waals surface area contributed by atoms with Crippen LogP contribution in [0.1, 0.15) is 31.9 Å². The van der Waals surface area contributed by atoms with Gasteiger partial charge in [-0.2, -0.15) is 0 Å². The molecule has 0 radical (unpaired) electrons. The third-order valence-electron chi connectivity index (χ3n) is 2.85. The summed E-state index contributed by atoms with van der Waals surface area (Å²) in [6.45, 7) is 4.95. The van der Waals surface area contributed by atoms with Gasteiger partial charge in [0.1, 0.15) is 13.2 Å². The fourth-order valence-corrected chi connectivity index (χ4v) is 1.99. The van der Waals surface area contributed by atoms with Crippen LogP contribution < -0.4 is 20.5 Å². The third-order valence-corrected chi connectivity index (χ3v) is 2.85. The molecule has 1 amide bonds. The molecular weight excluding hydrogens is 244 g/mol. The Hall–Kier alpha value is -1.75. The van der Waals surface area contributed by atoms with Gasteiger partial charge in [-0.15, -0.1) is 0 Å². The summed E-state index contributed by atoms with van der Waals surface area (Å²) in [6.07, 6.45) is 0.262. The highest BCUT2D eigenvalue weighted by Gasteiger charge is 2.17. The standard InChI is InChI=1S/C14H20N2O3/c1-9(2)16-14(17)8-11(15)10-3-4-12-13(7-10)19-6-5-18-12/h3-4,7,9,11H,5-6,8,15H2,1-2H3,(H,16,17). The Morgan fingerprint density at radius 1 is 1.32 bits per heavy atom. The van der Waals surface area contributed by atoms with E-state index in [0.717, 1.165) is 11.3 Å². The second kappa shape index (κ2) is 5.93. The summed E-state index contributed by atoms with van der Waals surface area (Å²) in [4.78, 5) is 11.7. The van der Waals surface area contributed by atoms with Crippen LogP contribution in [0.15, 0.2) is 18.2 Å². The third kappa shape index (κ3) is 3.61. The average Bonchev–Trinajstić information content (AvgIpc) is 2.37. The van der Waals surface area contributed by atoms with Crippen LogP contribution in [0.4, 0.5) is 0 Å². The molecule has 1 aromatic rings. The zero-order valence-electron chi connectivity index (χ0n) is 11.3. The number of fused-ring (bicyclic) bond motifs is 1. The lowest BCUT2D eigenvalue weighted by atomic mass is 10.0. The van der Waals surface area contributed by atoms with Gasteiger partial charge in [0.25, 0.3) is 0 Å². The molecule has 1 heterocycles. The number of hydrogen-bond donors (Lipinski definition) is 2. The second-order valence-electron chi connectivity index (χ2n) is 4.94. The van der Waals surface area contributed by atoms with E-state index in [1.165, 1.54) is 0 Å². The molecule has 1 unspecified atom stereocenters. The Labute approximate surface area is 113 Å². The van der Waals surface area contributed by atoms with E-state index in [2.05, 4.69) is 5.32 Å². The normalized spacial score (nSPS) is 15.2. The number of carbonyl (C=O) groups excluding carboxylic acids is 1. The summed E-state index contributed by atoms with van der Waals surface area (Å²) in [6, 6.07) is 5.35. The van der Waals surface area contributed by atoms with Crippen LogP contribution in [0, 0.1) is 0 Å². The van der Waals surface area contributed by atoms with Gasteiger partial charge in [0, 0.05) is 18.5 Å². The van der Waals surface area contributed by atoms with Crippen LogP contribution in [-0.2, 0) is 4.79 Å². The van der Waals surface area contributed by atoms with Gasteiger partial charge in [0.2, 0.25) is 5.91 Å². The molecule has 19 heavy (non-hydrogen) atoms. The van der Waals surface area contributed by atoms with Crippen molar-refractivity contribution in [3.8, 4) is 11.5 Å². The molecule has 1 aromatic carbocycles. The number of hydrogen-bond acceptors (Lipinski definition) is 4. The molecule has 0 fully saturated rings. The predicted molar refractivity (Wildman–Crippen MR) is 72.3 cm³/mol. The van der Waals surface area contributed by atoms with Gasteiger partial charge < -0.3 is 20.5 Å². The molecule has 1 atom stereocenters. The summed E-state index contributed by atoms with van der Waals surface area (Å²) in [5.74, 6) is 1.38.